The van der Waals surface area contributed by atoms with Gasteiger partial charge in [0, 0.05) is 6.54 Å². The lowest BCUT2D eigenvalue weighted by Gasteiger charge is -2.14. The zero-order valence-corrected chi connectivity index (χ0v) is 13.8. The summed E-state index contributed by atoms with van der Waals surface area (Å²) in [6.45, 7) is 3.49. The lowest BCUT2D eigenvalue weighted by molar-refractivity contribution is 0.261. The average Bonchev–Trinajstić information content (AvgIpc) is 2.84. The summed E-state index contributed by atoms with van der Waals surface area (Å²) in [5, 5.41) is 14.9. The summed E-state index contributed by atoms with van der Waals surface area (Å²) in [6, 6.07) is 3.96. The van der Waals surface area contributed by atoms with Crippen molar-refractivity contribution in [2.75, 3.05) is 13.7 Å². The summed E-state index contributed by atoms with van der Waals surface area (Å²) >= 11 is 3.52. The van der Waals surface area contributed by atoms with Crippen LogP contribution in [0, 0.1) is 0 Å². The molecule has 0 amide bonds. The molecule has 0 aliphatic heterocycles. The van der Waals surface area contributed by atoms with Crippen LogP contribution in [0.4, 0.5) is 0 Å². The van der Waals surface area contributed by atoms with Crippen molar-refractivity contribution in [2.24, 2.45) is 7.05 Å². The standard InChI is InChI=1S/C13H18BrN5O2/c1-4-20-11-6-9(7-15-2)5-10(14)13(11)21-8-12-16-18-19(3)17-12/h5-6,15H,4,7-8H2,1-3H3. The number of hydrogen-bond acceptors (Lipinski definition) is 6. The third kappa shape index (κ3) is 4.15. The molecule has 0 saturated heterocycles. The Morgan fingerprint density at radius 1 is 1.33 bits per heavy atom. The van der Waals surface area contributed by atoms with E-state index in [-0.39, 0.29) is 6.61 Å². The fourth-order valence-corrected chi connectivity index (χ4v) is 2.45. The van der Waals surface area contributed by atoms with Gasteiger partial charge in [-0.05, 0) is 52.8 Å². The Morgan fingerprint density at radius 3 is 2.76 bits per heavy atom. The minimum atomic E-state index is 0.234. The molecular weight excluding hydrogens is 338 g/mol. The molecule has 0 unspecified atom stereocenters. The molecule has 0 radical (unpaired) electrons. The van der Waals surface area contributed by atoms with Crippen molar-refractivity contribution >= 4 is 15.9 Å². The molecule has 0 aliphatic carbocycles. The fourth-order valence-electron chi connectivity index (χ4n) is 1.85. The van der Waals surface area contributed by atoms with Crippen molar-refractivity contribution in [3.8, 4) is 11.5 Å². The normalized spacial score (nSPS) is 10.7. The van der Waals surface area contributed by atoms with E-state index in [4.69, 9.17) is 9.47 Å². The number of tetrazole rings is 1. The maximum atomic E-state index is 5.78. The van der Waals surface area contributed by atoms with Crippen molar-refractivity contribution in [1.29, 1.82) is 0 Å². The molecule has 1 heterocycles. The van der Waals surface area contributed by atoms with Crippen LogP contribution in [-0.2, 0) is 20.2 Å². The van der Waals surface area contributed by atoms with Crippen molar-refractivity contribution in [1.82, 2.24) is 25.5 Å². The maximum Gasteiger partial charge on any atom is 0.212 e. The number of halogens is 1. The molecule has 1 N–H and O–H groups in total. The van der Waals surface area contributed by atoms with Crippen LogP contribution >= 0.6 is 15.9 Å². The summed E-state index contributed by atoms with van der Waals surface area (Å²) in [4.78, 5) is 1.40. The van der Waals surface area contributed by atoms with Gasteiger partial charge < -0.3 is 14.8 Å². The van der Waals surface area contributed by atoms with Crippen LogP contribution in [0.5, 0.6) is 11.5 Å². The average molecular weight is 356 g/mol. The molecule has 0 bridgehead atoms. The van der Waals surface area contributed by atoms with Gasteiger partial charge in [-0.15, -0.1) is 10.2 Å². The van der Waals surface area contributed by atoms with Gasteiger partial charge >= 0.3 is 0 Å². The summed E-state index contributed by atoms with van der Waals surface area (Å²) in [6.07, 6.45) is 0. The molecule has 21 heavy (non-hydrogen) atoms. The van der Waals surface area contributed by atoms with Gasteiger partial charge in [-0.2, -0.15) is 4.80 Å². The van der Waals surface area contributed by atoms with Crippen LogP contribution in [0.2, 0.25) is 0 Å². The lowest BCUT2D eigenvalue weighted by Crippen LogP contribution is -2.07. The Morgan fingerprint density at radius 2 is 2.14 bits per heavy atom. The second kappa shape index (κ2) is 7.37. The molecule has 2 aromatic rings. The predicted octanol–water partition coefficient (Wildman–Crippen LogP) is 1.67. The number of nitrogens with one attached hydrogen (secondary N) is 1. The molecule has 0 aliphatic rings. The molecule has 0 saturated carbocycles. The van der Waals surface area contributed by atoms with Gasteiger partial charge in [0.1, 0.15) is 0 Å². The lowest BCUT2D eigenvalue weighted by atomic mass is 10.2. The minimum Gasteiger partial charge on any atom is -0.490 e. The first-order valence-corrected chi connectivity index (χ1v) is 7.38. The molecule has 8 heteroatoms. The molecule has 1 aromatic carbocycles. The largest absolute Gasteiger partial charge is 0.490 e. The van der Waals surface area contributed by atoms with Gasteiger partial charge in [0.2, 0.25) is 5.82 Å². The number of aryl methyl sites for hydroxylation is 1. The fraction of sp³-hybridized carbons (Fsp3) is 0.462. The highest BCUT2D eigenvalue weighted by molar-refractivity contribution is 9.10. The smallest absolute Gasteiger partial charge is 0.212 e. The van der Waals surface area contributed by atoms with Crippen LogP contribution in [0.1, 0.15) is 18.3 Å². The first-order chi connectivity index (χ1) is 10.1. The maximum absolute atomic E-state index is 5.78. The van der Waals surface area contributed by atoms with E-state index in [1.165, 1.54) is 4.80 Å². The Balaban J connectivity index is 2.19. The Bertz CT molecular complexity index is 602. The van der Waals surface area contributed by atoms with Gasteiger partial charge in [-0.3, -0.25) is 0 Å². The summed E-state index contributed by atoms with van der Waals surface area (Å²) < 4.78 is 12.3. The number of hydrogen-bond donors (Lipinski definition) is 1. The molecule has 114 valence electrons. The highest BCUT2D eigenvalue weighted by Gasteiger charge is 2.13. The quantitative estimate of drug-likeness (QED) is 0.814. The van der Waals surface area contributed by atoms with Gasteiger partial charge in [-0.1, -0.05) is 0 Å². The zero-order chi connectivity index (χ0) is 15.2. The van der Waals surface area contributed by atoms with E-state index in [0.717, 1.165) is 16.6 Å². The van der Waals surface area contributed by atoms with Crippen molar-refractivity contribution < 1.29 is 9.47 Å². The zero-order valence-electron chi connectivity index (χ0n) is 12.3. The second-order valence-electron chi connectivity index (χ2n) is 4.35. The molecule has 2 rings (SSSR count). The van der Waals surface area contributed by atoms with Crippen LogP contribution in [0.3, 0.4) is 0 Å². The number of benzene rings is 1. The Hall–Kier alpha value is -1.67. The van der Waals surface area contributed by atoms with E-state index in [1.54, 1.807) is 7.05 Å². The molecule has 7 nitrogen and oxygen atoms in total. The highest BCUT2D eigenvalue weighted by atomic mass is 79.9. The summed E-state index contributed by atoms with van der Waals surface area (Å²) in [5.74, 6) is 1.86. The predicted molar refractivity (Wildman–Crippen MR) is 81.2 cm³/mol. The number of nitrogens with zero attached hydrogens (tertiary/aromatic N) is 4. The summed E-state index contributed by atoms with van der Waals surface area (Å²) in [5.41, 5.74) is 1.11. The molecular formula is C13H18BrN5O2. The minimum absolute atomic E-state index is 0.234. The molecule has 0 atom stereocenters. The first-order valence-electron chi connectivity index (χ1n) is 6.59. The van der Waals surface area contributed by atoms with E-state index >= 15 is 0 Å². The van der Waals surface area contributed by atoms with Gasteiger partial charge in [0.15, 0.2) is 18.1 Å². The second-order valence-corrected chi connectivity index (χ2v) is 5.21. The van der Waals surface area contributed by atoms with Crippen molar-refractivity contribution in [3.05, 3.63) is 28.0 Å². The Kier molecular flexibility index (Phi) is 5.51. The van der Waals surface area contributed by atoms with E-state index < -0.39 is 0 Å². The third-order valence-corrected chi connectivity index (χ3v) is 3.23. The monoisotopic (exact) mass is 355 g/mol. The topological polar surface area (TPSA) is 74.1 Å². The van der Waals surface area contributed by atoms with Gasteiger partial charge in [0.05, 0.1) is 18.1 Å². The first kappa shape index (κ1) is 15.7. The van der Waals surface area contributed by atoms with Crippen LogP contribution in [0.25, 0.3) is 0 Å². The number of ether oxygens (including phenoxy) is 2. The SMILES string of the molecule is CCOc1cc(CNC)cc(Br)c1OCc1nnn(C)n1. The van der Waals surface area contributed by atoms with Crippen molar-refractivity contribution in [2.45, 2.75) is 20.1 Å². The van der Waals surface area contributed by atoms with E-state index in [2.05, 4.69) is 36.7 Å². The van der Waals surface area contributed by atoms with E-state index in [1.807, 2.05) is 26.1 Å². The molecule has 0 spiro atoms. The summed E-state index contributed by atoms with van der Waals surface area (Å²) in [7, 11) is 3.61. The molecule has 0 fully saturated rings. The van der Waals surface area contributed by atoms with Gasteiger partial charge in [-0.25, -0.2) is 0 Å². The molecule has 1 aromatic heterocycles. The van der Waals surface area contributed by atoms with Crippen molar-refractivity contribution in [3.63, 3.8) is 0 Å². The Labute approximate surface area is 131 Å². The number of rotatable bonds is 7. The van der Waals surface area contributed by atoms with Crippen LogP contribution < -0.4 is 14.8 Å². The van der Waals surface area contributed by atoms with E-state index in [9.17, 15) is 0 Å². The van der Waals surface area contributed by atoms with Crippen LogP contribution in [-0.4, -0.2) is 33.9 Å². The van der Waals surface area contributed by atoms with Gasteiger partial charge in [0.25, 0.3) is 0 Å². The number of aromatic nitrogens is 4. The highest BCUT2D eigenvalue weighted by Crippen LogP contribution is 2.37. The van der Waals surface area contributed by atoms with E-state index in [0.29, 0.717) is 23.9 Å². The van der Waals surface area contributed by atoms with Crippen LogP contribution in [0.15, 0.2) is 16.6 Å². The third-order valence-electron chi connectivity index (χ3n) is 2.65.